The van der Waals surface area contributed by atoms with Crippen LogP contribution in [0.15, 0.2) is 0 Å². The second-order valence-corrected chi connectivity index (χ2v) is 9.47. The van der Waals surface area contributed by atoms with E-state index in [0.29, 0.717) is 12.7 Å². The van der Waals surface area contributed by atoms with Gasteiger partial charge in [-0.2, -0.15) is 4.52 Å². The molecule has 0 bridgehead atoms. The number of aromatic nitrogens is 4. The molecule has 0 fully saturated rings. The Hall–Kier alpha value is -1.61. The molecule has 0 radical (unpaired) electrons. The molecule has 0 saturated carbocycles. The summed E-state index contributed by atoms with van der Waals surface area (Å²) in [6, 6.07) is 0. The molecule has 0 atom stereocenters. The number of nitrogens with two attached hydrogens (primary N) is 1. The fourth-order valence-corrected chi connectivity index (χ4v) is 4.79. The molecule has 4 heterocycles. The highest BCUT2D eigenvalue weighted by Crippen LogP contribution is 2.39. The lowest BCUT2D eigenvalue weighted by Crippen LogP contribution is -2.82. The average molecular weight is 405 g/mol. The Morgan fingerprint density at radius 3 is 2.93 bits per heavy atom. The zero-order valence-electron chi connectivity index (χ0n) is 17.4. The lowest BCUT2D eigenvalue weighted by atomic mass is 9.94. The predicted octanol–water partition coefficient (Wildman–Crippen LogP) is 2.38. The molecular weight excluding hydrogens is 374 g/mol. The van der Waals surface area contributed by atoms with Gasteiger partial charge >= 0.3 is 0 Å². The molecule has 4 rings (SSSR count). The highest BCUT2D eigenvalue weighted by atomic mass is 32.1. The second kappa shape index (κ2) is 7.67. The summed E-state index contributed by atoms with van der Waals surface area (Å²) in [6.07, 6.45) is 2.21. The van der Waals surface area contributed by atoms with Gasteiger partial charge in [0.1, 0.15) is 17.2 Å². The highest BCUT2D eigenvalue weighted by Gasteiger charge is 2.31. The fraction of sp³-hybridized carbons (Fsp3) is 0.650. The van der Waals surface area contributed by atoms with Crippen molar-refractivity contribution in [3.8, 4) is 0 Å². The smallest absolute Gasteiger partial charge is 0.206 e. The van der Waals surface area contributed by atoms with E-state index in [1.54, 1.807) is 11.3 Å². The van der Waals surface area contributed by atoms with Gasteiger partial charge in [0.25, 0.3) is 0 Å². The molecular formula is C20H30N5O2S+. The first-order valence-electron chi connectivity index (χ1n) is 10.1. The molecule has 0 amide bonds. The number of rotatable bonds is 7. The Morgan fingerprint density at radius 2 is 2.14 bits per heavy atom. The summed E-state index contributed by atoms with van der Waals surface area (Å²) in [7, 11) is 0. The maximum absolute atomic E-state index is 5.99. The minimum atomic E-state index is -0.155. The van der Waals surface area contributed by atoms with Crippen LogP contribution in [-0.2, 0) is 29.0 Å². The van der Waals surface area contributed by atoms with E-state index in [1.165, 1.54) is 10.4 Å². The SMILES string of the molecule is Cc1nc2sc3c(c2c2nc(C[NH2+]CCCOC(C)C)nn12)CC(C)(C)OC3. The first-order valence-corrected chi connectivity index (χ1v) is 10.9. The number of aryl methyl sites for hydroxylation is 1. The summed E-state index contributed by atoms with van der Waals surface area (Å²) in [5.41, 5.74) is 2.11. The molecule has 152 valence electrons. The van der Waals surface area contributed by atoms with Crippen molar-refractivity contribution < 1.29 is 14.8 Å². The zero-order valence-corrected chi connectivity index (χ0v) is 18.2. The second-order valence-electron chi connectivity index (χ2n) is 8.39. The van der Waals surface area contributed by atoms with Gasteiger partial charge in [0.05, 0.1) is 36.8 Å². The fourth-order valence-electron chi connectivity index (χ4n) is 3.65. The zero-order chi connectivity index (χ0) is 19.9. The molecule has 1 aliphatic rings. The van der Waals surface area contributed by atoms with E-state index in [2.05, 4.69) is 33.0 Å². The number of thiophene rings is 1. The number of ether oxygens (including phenoxy) is 2. The minimum absolute atomic E-state index is 0.155. The maximum Gasteiger partial charge on any atom is 0.206 e. The van der Waals surface area contributed by atoms with Gasteiger partial charge in [-0.3, -0.25) is 0 Å². The summed E-state index contributed by atoms with van der Waals surface area (Å²) >= 11 is 1.73. The third kappa shape index (κ3) is 3.91. The van der Waals surface area contributed by atoms with Crippen molar-refractivity contribution in [3.05, 3.63) is 22.1 Å². The molecule has 0 unspecified atom stereocenters. The number of quaternary nitrogens is 1. The van der Waals surface area contributed by atoms with Crippen LogP contribution >= 0.6 is 11.3 Å². The molecule has 0 aromatic carbocycles. The lowest BCUT2D eigenvalue weighted by molar-refractivity contribution is -0.672. The molecule has 3 aromatic rings. The number of hydrogen-bond donors (Lipinski definition) is 1. The Morgan fingerprint density at radius 1 is 1.32 bits per heavy atom. The van der Waals surface area contributed by atoms with Crippen molar-refractivity contribution in [2.45, 2.75) is 72.3 Å². The van der Waals surface area contributed by atoms with E-state index in [-0.39, 0.29) is 5.60 Å². The van der Waals surface area contributed by atoms with Crippen LogP contribution < -0.4 is 5.32 Å². The van der Waals surface area contributed by atoms with Crippen LogP contribution in [0.3, 0.4) is 0 Å². The van der Waals surface area contributed by atoms with E-state index in [0.717, 1.165) is 60.1 Å². The molecule has 7 nitrogen and oxygen atoms in total. The van der Waals surface area contributed by atoms with E-state index in [9.17, 15) is 0 Å². The summed E-state index contributed by atoms with van der Waals surface area (Å²) < 4.78 is 13.5. The predicted molar refractivity (Wildman–Crippen MR) is 110 cm³/mol. The van der Waals surface area contributed by atoms with Crippen molar-refractivity contribution in [1.82, 2.24) is 19.6 Å². The molecule has 0 spiro atoms. The van der Waals surface area contributed by atoms with Crippen molar-refractivity contribution in [1.29, 1.82) is 0 Å². The molecule has 0 saturated heterocycles. The van der Waals surface area contributed by atoms with Crippen LogP contribution in [0, 0.1) is 6.92 Å². The quantitative estimate of drug-likeness (QED) is 0.612. The van der Waals surface area contributed by atoms with Crippen LogP contribution in [0.1, 0.15) is 56.2 Å². The number of hydrogen-bond acceptors (Lipinski definition) is 6. The lowest BCUT2D eigenvalue weighted by Gasteiger charge is -2.30. The van der Waals surface area contributed by atoms with Crippen LogP contribution in [-0.4, -0.2) is 44.4 Å². The Balaban J connectivity index is 1.57. The first-order chi connectivity index (χ1) is 13.3. The Kier molecular flexibility index (Phi) is 5.39. The van der Waals surface area contributed by atoms with Crippen molar-refractivity contribution in [2.24, 2.45) is 0 Å². The largest absolute Gasteiger partial charge is 0.379 e. The van der Waals surface area contributed by atoms with Gasteiger partial charge in [0.2, 0.25) is 5.82 Å². The highest BCUT2D eigenvalue weighted by molar-refractivity contribution is 7.19. The Labute approximate surface area is 169 Å². The summed E-state index contributed by atoms with van der Waals surface area (Å²) in [5.74, 6) is 1.74. The standard InChI is InChI=1S/C20H29N5O2S/c1-12(2)26-8-6-7-21-10-16-23-18-17-14-9-20(4,5)27-11-15(14)28-19(17)22-13(3)25(18)24-16/h12,21H,6-11H2,1-5H3/p+1. The van der Waals surface area contributed by atoms with E-state index in [1.807, 2.05) is 11.4 Å². The minimum Gasteiger partial charge on any atom is -0.379 e. The van der Waals surface area contributed by atoms with Crippen molar-refractivity contribution in [2.75, 3.05) is 13.2 Å². The van der Waals surface area contributed by atoms with Crippen LogP contribution in [0.25, 0.3) is 15.9 Å². The van der Waals surface area contributed by atoms with E-state index in [4.69, 9.17) is 24.5 Å². The van der Waals surface area contributed by atoms with Crippen LogP contribution in [0.2, 0.25) is 0 Å². The Bertz CT molecular complexity index is 992. The number of fused-ring (bicyclic) bond motifs is 5. The summed E-state index contributed by atoms with van der Waals surface area (Å²) in [6.45, 7) is 13.7. The van der Waals surface area contributed by atoms with Gasteiger partial charge in [0, 0.05) is 17.7 Å². The normalized spacial score (nSPS) is 16.4. The molecule has 0 aliphatic carbocycles. The third-order valence-corrected chi connectivity index (χ3v) is 6.14. The summed E-state index contributed by atoms with van der Waals surface area (Å²) in [5, 5.41) is 8.13. The topological polar surface area (TPSA) is 78.2 Å². The number of nitrogens with zero attached hydrogens (tertiary/aromatic N) is 4. The third-order valence-electron chi connectivity index (χ3n) is 5.04. The van der Waals surface area contributed by atoms with Crippen molar-refractivity contribution in [3.63, 3.8) is 0 Å². The molecule has 28 heavy (non-hydrogen) atoms. The van der Waals surface area contributed by atoms with E-state index >= 15 is 0 Å². The molecule has 8 heteroatoms. The monoisotopic (exact) mass is 404 g/mol. The van der Waals surface area contributed by atoms with E-state index < -0.39 is 0 Å². The molecule has 1 aliphatic heterocycles. The van der Waals surface area contributed by atoms with Crippen molar-refractivity contribution >= 4 is 27.2 Å². The van der Waals surface area contributed by atoms with Gasteiger partial charge in [-0.1, -0.05) is 0 Å². The first kappa shape index (κ1) is 19.7. The van der Waals surface area contributed by atoms with Gasteiger partial charge in [-0.25, -0.2) is 9.97 Å². The van der Waals surface area contributed by atoms with Gasteiger partial charge in [-0.05, 0) is 40.2 Å². The van der Waals surface area contributed by atoms with Gasteiger partial charge in [0.15, 0.2) is 5.65 Å². The molecule has 3 aromatic heterocycles. The van der Waals surface area contributed by atoms with Gasteiger partial charge in [-0.15, -0.1) is 16.4 Å². The average Bonchev–Trinajstić information content (AvgIpc) is 3.18. The van der Waals surface area contributed by atoms with Gasteiger partial charge < -0.3 is 14.8 Å². The van der Waals surface area contributed by atoms with Crippen LogP contribution in [0.5, 0.6) is 0 Å². The summed E-state index contributed by atoms with van der Waals surface area (Å²) in [4.78, 5) is 12.0. The molecule has 2 N–H and O–H groups in total. The van der Waals surface area contributed by atoms with Crippen LogP contribution in [0.4, 0.5) is 0 Å². The maximum atomic E-state index is 5.99.